The molecule has 1 unspecified atom stereocenters. The molecule has 0 aromatic carbocycles. The molecule has 41 heavy (non-hydrogen) atoms. The van der Waals surface area contributed by atoms with E-state index in [1.807, 2.05) is 18.2 Å². The van der Waals surface area contributed by atoms with E-state index in [4.69, 9.17) is 9.84 Å². The van der Waals surface area contributed by atoms with Crippen molar-refractivity contribution in [3.8, 4) is 0 Å². The van der Waals surface area contributed by atoms with Crippen LogP contribution in [-0.4, -0.2) is 23.1 Å². The van der Waals surface area contributed by atoms with E-state index in [-0.39, 0.29) is 24.9 Å². The Morgan fingerprint density at radius 1 is 0.610 bits per heavy atom. The van der Waals surface area contributed by atoms with Gasteiger partial charge < -0.3 is 9.84 Å². The van der Waals surface area contributed by atoms with Gasteiger partial charge in [-0.1, -0.05) is 125 Å². The lowest BCUT2D eigenvalue weighted by Crippen LogP contribution is -2.15. The molecule has 0 rings (SSSR count). The maximum Gasteiger partial charge on any atom is 0.310 e. The molecule has 0 amide bonds. The third kappa shape index (κ3) is 31.5. The molecule has 0 aliphatic rings. The fraction of sp³-hybridized carbons (Fsp3) is 0.568. The van der Waals surface area contributed by atoms with Gasteiger partial charge in [-0.05, 0) is 76.7 Å². The summed E-state index contributed by atoms with van der Waals surface area (Å²) in [5.74, 6) is -0.952. The highest BCUT2D eigenvalue weighted by Gasteiger charge is 2.10. The largest absolute Gasteiger partial charge is 0.481 e. The Labute approximate surface area is 251 Å². The van der Waals surface area contributed by atoms with Gasteiger partial charge in [0.15, 0.2) is 0 Å². The van der Waals surface area contributed by atoms with E-state index in [1.165, 1.54) is 25.7 Å². The van der Waals surface area contributed by atoms with Gasteiger partial charge in [0.1, 0.15) is 6.10 Å². The van der Waals surface area contributed by atoms with Crippen LogP contribution in [0.15, 0.2) is 85.1 Å². The number of allylic oxidation sites excluding steroid dienone is 12. The monoisotopic (exact) mass is 566 g/mol. The van der Waals surface area contributed by atoms with Crippen LogP contribution in [0.1, 0.15) is 129 Å². The van der Waals surface area contributed by atoms with Crippen molar-refractivity contribution in [2.24, 2.45) is 0 Å². The first-order valence-electron chi connectivity index (χ1n) is 16.1. The first-order chi connectivity index (χ1) is 20.1. The zero-order chi connectivity index (χ0) is 30.1. The molecule has 1 atom stereocenters. The van der Waals surface area contributed by atoms with E-state index in [0.29, 0.717) is 6.42 Å². The Balaban J connectivity index is 4.36. The topological polar surface area (TPSA) is 63.6 Å². The summed E-state index contributed by atoms with van der Waals surface area (Å²) in [6.07, 6.45) is 46.1. The van der Waals surface area contributed by atoms with Crippen LogP contribution in [0.4, 0.5) is 0 Å². The van der Waals surface area contributed by atoms with Crippen molar-refractivity contribution >= 4 is 11.9 Å². The van der Waals surface area contributed by atoms with Crippen LogP contribution in [0.5, 0.6) is 0 Å². The van der Waals surface area contributed by atoms with Gasteiger partial charge in [-0.2, -0.15) is 0 Å². The molecular weight excluding hydrogens is 508 g/mol. The van der Waals surface area contributed by atoms with E-state index in [1.54, 1.807) is 0 Å². The number of rotatable bonds is 27. The average molecular weight is 567 g/mol. The fourth-order valence-corrected chi connectivity index (χ4v) is 4.03. The van der Waals surface area contributed by atoms with Gasteiger partial charge in [-0.25, -0.2) is 0 Å². The zero-order valence-corrected chi connectivity index (χ0v) is 26.1. The summed E-state index contributed by atoms with van der Waals surface area (Å²) in [4.78, 5) is 23.1. The van der Waals surface area contributed by atoms with Crippen molar-refractivity contribution in [2.75, 3.05) is 0 Å². The van der Waals surface area contributed by atoms with Gasteiger partial charge in [0, 0.05) is 6.42 Å². The molecule has 0 aromatic rings. The van der Waals surface area contributed by atoms with Gasteiger partial charge in [-0.3, -0.25) is 9.59 Å². The molecule has 0 saturated heterocycles. The number of hydrogen-bond donors (Lipinski definition) is 1. The van der Waals surface area contributed by atoms with E-state index >= 15 is 0 Å². The molecule has 0 fully saturated rings. The van der Waals surface area contributed by atoms with Crippen LogP contribution in [0.25, 0.3) is 0 Å². The summed E-state index contributed by atoms with van der Waals surface area (Å²) in [5, 5.41) is 8.79. The summed E-state index contributed by atoms with van der Waals surface area (Å²) < 4.78 is 5.75. The lowest BCUT2D eigenvalue weighted by molar-refractivity contribution is -0.146. The minimum atomic E-state index is -0.742. The van der Waals surface area contributed by atoms with Crippen molar-refractivity contribution in [1.29, 1.82) is 0 Å². The SMILES string of the molecule is CC/C=C\C/C=C\C/C=C\C/C=C\C/C=C\CC(=O)OC(/C=C\C/C=C\CCCCCC)CCCCCCC(=O)O. The summed E-state index contributed by atoms with van der Waals surface area (Å²) in [6, 6.07) is 0. The minimum Gasteiger partial charge on any atom is -0.481 e. The van der Waals surface area contributed by atoms with Gasteiger partial charge in [-0.15, -0.1) is 0 Å². The summed E-state index contributed by atoms with van der Waals surface area (Å²) in [7, 11) is 0. The van der Waals surface area contributed by atoms with Crippen molar-refractivity contribution in [1.82, 2.24) is 0 Å². The molecule has 0 spiro atoms. The molecule has 0 aliphatic heterocycles. The maximum atomic E-state index is 12.4. The first kappa shape index (κ1) is 38.1. The zero-order valence-electron chi connectivity index (χ0n) is 26.1. The lowest BCUT2D eigenvalue weighted by atomic mass is 10.1. The first-order valence-corrected chi connectivity index (χ1v) is 16.1. The van der Waals surface area contributed by atoms with Crippen LogP contribution in [-0.2, 0) is 14.3 Å². The van der Waals surface area contributed by atoms with Crippen molar-refractivity contribution in [3.05, 3.63) is 85.1 Å². The number of carboxylic acids is 1. The predicted molar refractivity (Wildman–Crippen MR) is 176 cm³/mol. The number of carbonyl (C=O) groups excluding carboxylic acids is 1. The number of unbranched alkanes of at least 4 members (excludes halogenated alkanes) is 7. The van der Waals surface area contributed by atoms with Crippen LogP contribution in [0.3, 0.4) is 0 Å². The van der Waals surface area contributed by atoms with Crippen LogP contribution >= 0.6 is 0 Å². The smallest absolute Gasteiger partial charge is 0.310 e. The Kier molecular flexibility index (Phi) is 29.4. The number of ether oxygens (including phenoxy) is 1. The Morgan fingerprint density at radius 3 is 1.76 bits per heavy atom. The maximum absolute atomic E-state index is 12.4. The molecule has 0 aromatic heterocycles. The molecule has 4 nitrogen and oxygen atoms in total. The third-order valence-electron chi connectivity index (χ3n) is 6.37. The summed E-state index contributed by atoms with van der Waals surface area (Å²) in [5.41, 5.74) is 0. The highest BCUT2D eigenvalue weighted by molar-refractivity contribution is 5.71. The van der Waals surface area contributed by atoms with Crippen molar-refractivity contribution in [3.63, 3.8) is 0 Å². The van der Waals surface area contributed by atoms with Gasteiger partial charge >= 0.3 is 11.9 Å². The third-order valence-corrected chi connectivity index (χ3v) is 6.37. The number of carboxylic acid groups (broad SMARTS) is 1. The lowest BCUT2D eigenvalue weighted by Gasteiger charge is -2.14. The minimum absolute atomic E-state index is 0.210. The number of aliphatic carboxylic acids is 1. The number of carbonyl (C=O) groups is 2. The summed E-state index contributed by atoms with van der Waals surface area (Å²) in [6.45, 7) is 4.37. The van der Waals surface area contributed by atoms with E-state index in [9.17, 15) is 9.59 Å². The van der Waals surface area contributed by atoms with Gasteiger partial charge in [0.25, 0.3) is 0 Å². The molecule has 0 radical (unpaired) electrons. The van der Waals surface area contributed by atoms with Crippen LogP contribution in [0, 0.1) is 0 Å². The number of hydrogen-bond acceptors (Lipinski definition) is 3. The fourth-order valence-electron chi connectivity index (χ4n) is 4.03. The second-order valence-corrected chi connectivity index (χ2v) is 10.3. The Bertz CT molecular complexity index is 826. The Morgan fingerprint density at radius 2 is 1.15 bits per heavy atom. The normalized spacial score (nSPS) is 13.4. The molecule has 1 N–H and O–H groups in total. The molecule has 230 valence electrons. The second kappa shape index (κ2) is 31.6. The predicted octanol–water partition coefficient (Wildman–Crippen LogP) is 10.9. The molecule has 0 saturated carbocycles. The Hall–Kier alpha value is -2.88. The highest BCUT2D eigenvalue weighted by Crippen LogP contribution is 2.13. The van der Waals surface area contributed by atoms with Crippen molar-refractivity contribution in [2.45, 2.75) is 136 Å². The molecular formula is C37H58O4. The number of esters is 1. The summed E-state index contributed by atoms with van der Waals surface area (Å²) >= 11 is 0. The molecule has 0 aliphatic carbocycles. The molecule has 0 bridgehead atoms. The van der Waals surface area contributed by atoms with E-state index in [2.05, 4.69) is 80.7 Å². The van der Waals surface area contributed by atoms with E-state index < -0.39 is 5.97 Å². The van der Waals surface area contributed by atoms with E-state index in [0.717, 1.165) is 70.6 Å². The highest BCUT2D eigenvalue weighted by atomic mass is 16.5. The quantitative estimate of drug-likeness (QED) is 0.0610. The van der Waals surface area contributed by atoms with Gasteiger partial charge in [0.2, 0.25) is 0 Å². The standard InChI is InChI=1S/C37H58O4/c1-3-5-7-9-11-13-14-15-16-17-18-20-22-24-30-34-37(40)41-35(32-28-25-26-29-33-36(38)39)31-27-23-21-19-12-10-8-6-4-2/h5,7,11,13,15-16,18-21,24,27,30-31,35H,3-4,6,8-10,12,14,17,22-23,25-26,28-29,32-34H2,1-2H3,(H,38,39)/b7-5-,13-11-,16-15-,20-18-,21-19-,30-24-,31-27-. The molecule has 4 heteroatoms. The molecule has 0 heterocycles. The average Bonchev–Trinajstić information content (AvgIpc) is 2.95. The van der Waals surface area contributed by atoms with Gasteiger partial charge in [0.05, 0.1) is 6.42 Å². The second-order valence-electron chi connectivity index (χ2n) is 10.3. The van der Waals surface area contributed by atoms with Crippen molar-refractivity contribution < 1.29 is 19.4 Å². The van der Waals surface area contributed by atoms with Crippen LogP contribution in [0.2, 0.25) is 0 Å². The van der Waals surface area contributed by atoms with Crippen LogP contribution < -0.4 is 0 Å².